The maximum Gasteiger partial charge on any atom is 0.417 e. The second-order valence-electron chi connectivity index (χ2n) is 7.79. The van der Waals surface area contributed by atoms with Gasteiger partial charge in [-0.05, 0) is 33.8 Å². The summed E-state index contributed by atoms with van der Waals surface area (Å²) in [7, 11) is 0. The van der Waals surface area contributed by atoms with E-state index in [1.165, 1.54) is 27.7 Å². The number of hydrogen-bond acceptors (Lipinski definition) is 4. The van der Waals surface area contributed by atoms with Crippen LogP contribution in [0.2, 0.25) is 0 Å². The highest BCUT2D eigenvalue weighted by molar-refractivity contribution is 5.77. The number of phenols is 1. The van der Waals surface area contributed by atoms with Crippen molar-refractivity contribution >= 4 is 5.97 Å². The average molecular weight is 396 g/mol. The first-order chi connectivity index (χ1) is 12.1. The second-order valence-corrected chi connectivity index (χ2v) is 7.79. The van der Waals surface area contributed by atoms with Gasteiger partial charge in [0.05, 0.1) is 0 Å². The molecular formula is C18H21F5O4. The summed E-state index contributed by atoms with van der Waals surface area (Å²) in [6.07, 6.45) is -6.61. The molecular weight excluding hydrogens is 375 g/mol. The van der Waals surface area contributed by atoms with E-state index in [-0.39, 0.29) is 5.56 Å². The molecule has 0 aromatic heterocycles. The summed E-state index contributed by atoms with van der Waals surface area (Å²) in [5.74, 6) is -8.02. The smallest absolute Gasteiger partial charge is 0.417 e. The van der Waals surface area contributed by atoms with Crippen LogP contribution in [-0.2, 0) is 14.3 Å². The molecule has 0 spiro atoms. The Labute approximate surface area is 153 Å². The van der Waals surface area contributed by atoms with E-state index < -0.39 is 58.7 Å². The van der Waals surface area contributed by atoms with Crippen molar-refractivity contribution in [2.24, 2.45) is 5.92 Å². The van der Waals surface area contributed by atoms with Gasteiger partial charge in [0.2, 0.25) is 5.82 Å². The highest BCUT2D eigenvalue weighted by Gasteiger charge is 2.66. The lowest BCUT2D eigenvalue weighted by Gasteiger charge is -2.31. The molecule has 0 radical (unpaired) electrons. The fourth-order valence-corrected chi connectivity index (χ4v) is 3.19. The first-order valence-corrected chi connectivity index (χ1v) is 8.24. The molecule has 1 aromatic rings. The van der Waals surface area contributed by atoms with Crippen LogP contribution in [0, 0.1) is 17.6 Å². The number of carbonyl (C=O) groups is 1. The number of phenolic OH excluding ortho intramolecular Hbond substituents is 1. The van der Waals surface area contributed by atoms with Gasteiger partial charge < -0.3 is 14.6 Å². The number of rotatable bonds is 2. The summed E-state index contributed by atoms with van der Waals surface area (Å²) in [5, 5.41) is 9.96. The standard InChI is InChI=1S/C18H21F5O4/c1-8-11(9-6-7-10(19)12(20)13(9)24)14(15(25)27-16(2,3)4)26-17(8,5)18(21,22)23/h6-8,11,14,24H,1-5H3/t8-,11-,14+,17+/m0/s1. The third-order valence-electron chi connectivity index (χ3n) is 4.77. The fraction of sp³-hybridized carbons (Fsp3) is 0.611. The monoisotopic (exact) mass is 396 g/mol. The molecule has 0 bridgehead atoms. The Balaban J connectivity index is 2.59. The molecule has 1 fully saturated rings. The highest BCUT2D eigenvalue weighted by atomic mass is 19.4. The summed E-state index contributed by atoms with van der Waals surface area (Å²) in [6, 6.07) is 1.62. The third-order valence-corrected chi connectivity index (χ3v) is 4.77. The number of ether oxygens (including phenoxy) is 2. The van der Waals surface area contributed by atoms with Crippen molar-refractivity contribution in [1.29, 1.82) is 0 Å². The SMILES string of the molecule is C[C@H]1[C@@H](c2ccc(F)c(F)c2O)[C@H](C(=O)OC(C)(C)C)O[C@@]1(C)C(F)(F)F. The quantitative estimate of drug-likeness (QED) is 0.593. The molecule has 0 aliphatic carbocycles. The summed E-state index contributed by atoms with van der Waals surface area (Å²) in [6.45, 7) is 6.51. The molecule has 1 aliphatic heterocycles. The van der Waals surface area contributed by atoms with E-state index in [2.05, 4.69) is 0 Å². The predicted octanol–water partition coefficient (Wildman–Crippen LogP) is 4.45. The molecule has 1 saturated heterocycles. The Morgan fingerprint density at radius 3 is 2.26 bits per heavy atom. The van der Waals surface area contributed by atoms with Gasteiger partial charge in [-0.2, -0.15) is 17.6 Å². The van der Waals surface area contributed by atoms with E-state index in [1.807, 2.05) is 0 Å². The summed E-state index contributed by atoms with van der Waals surface area (Å²) < 4.78 is 78.2. The number of esters is 1. The summed E-state index contributed by atoms with van der Waals surface area (Å²) in [4.78, 5) is 12.5. The van der Waals surface area contributed by atoms with Crippen molar-refractivity contribution in [3.05, 3.63) is 29.3 Å². The maximum atomic E-state index is 13.8. The van der Waals surface area contributed by atoms with E-state index >= 15 is 0 Å². The summed E-state index contributed by atoms with van der Waals surface area (Å²) >= 11 is 0. The van der Waals surface area contributed by atoms with Crippen LogP contribution in [0.1, 0.15) is 46.1 Å². The Bertz CT molecular complexity index is 740. The third kappa shape index (κ3) is 3.74. The fourth-order valence-electron chi connectivity index (χ4n) is 3.19. The van der Waals surface area contributed by atoms with Gasteiger partial charge in [-0.3, -0.25) is 0 Å². The van der Waals surface area contributed by atoms with Crippen LogP contribution in [0.5, 0.6) is 5.75 Å². The predicted molar refractivity (Wildman–Crippen MR) is 85.1 cm³/mol. The molecule has 1 aliphatic rings. The molecule has 27 heavy (non-hydrogen) atoms. The van der Waals surface area contributed by atoms with E-state index in [0.717, 1.165) is 13.0 Å². The Kier molecular flexibility index (Phi) is 5.24. The van der Waals surface area contributed by atoms with Crippen molar-refractivity contribution in [3.8, 4) is 5.75 Å². The van der Waals surface area contributed by atoms with Gasteiger partial charge in [-0.1, -0.05) is 13.0 Å². The van der Waals surface area contributed by atoms with Gasteiger partial charge in [0, 0.05) is 17.4 Å². The van der Waals surface area contributed by atoms with Crippen molar-refractivity contribution < 1.29 is 41.3 Å². The van der Waals surface area contributed by atoms with Gasteiger partial charge in [-0.15, -0.1) is 0 Å². The number of benzene rings is 1. The molecule has 0 amide bonds. The zero-order valence-corrected chi connectivity index (χ0v) is 15.4. The van der Waals surface area contributed by atoms with Crippen molar-refractivity contribution in [1.82, 2.24) is 0 Å². The molecule has 9 heteroatoms. The highest BCUT2D eigenvalue weighted by Crippen LogP contribution is 2.55. The van der Waals surface area contributed by atoms with Crippen molar-refractivity contribution in [2.45, 2.75) is 64.0 Å². The van der Waals surface area contributed by atoms with E-state index in [4.69, 9.17) is 9.47 Å². The zero-order chi connectivity index (χ0) is 20.9. The number of alkyl halides is 3. The first kappa shape index (κ1) is 21.4. The summed E-state index contributed by atoms with van der Waals surface area (Å²) in [5.41, 5.74) is -4.12. The van der Waals surface area contributed by atoms with Crippen molar-refractivity contribution in [2.75, 3.05) is 0 Å². The van der Waals surface area contributed by atoms with Crippen LogP contribution in [0.15, 0.2) is 12.1 Å². The minimum absolute atomic E-state index is 0.356. The topological polar surface area (TPSA) is 55.8 Å². The lowest BCUT2D eigenvalue weighted by molar-refractivity contribution is -0.274. The number of aromatic hydroxyl groups is 1. The molecule has 4 nitrogen and oxygen atoms in total. The second kappa shape index (κ2) is 6.61. The van der Waals surface area contributed by atoms with Crippen LogP contribution < -0.4 is 0 Å². The zero-order valence-electron chi connectivity index (χ0n) is 15.4. The Morgan fingerprint density at radius 2 is 1.78 bits per heavy atom. The largest absolute Gasteiger partial charge is 0.505 e. The number of carbonyl (C=O) groups excluding carboxylic acids is 1. The van der Waals surface area contributed by atoms with E-state index in [0.29, 0.717) is 6.07 Å². The lowest BCUT2D eigenvalue weighted by atomic mass is 9.77. The number of halogens is 5. The maximum absolute atomic E-state index is 13.8. The molecule has 152 valence electrons. The van der Waals surface area contributed by atoms with Gasteiger partial charge in [-0.25, -0.2) is 9.18 Å². The van der Waals surface area contributed by atoms with Crippen LogP contribution in [0.25, 0.3) is 0 Å². The average Bonchev–Trinajstić information content (AvgIpc) is 2.77. The molecule has 4 atom stereocenters. The van der Waals surface area contributed by atoms with Gasteiger partial charge in [0.1, 0.15) is 5.60 Å². The molecule has 2 rings (SSSR count). The van der Waals surface area contributed by atoms with Crippen LogP contribution in [-0.4, -0.2) is 34.6 Å². The van der Waals surface area contributed by atoms with Crippen molar-refractivity contribution in [3.63, 3.8) is 0 Å². The number of hydrogen-bond donors (Lipinski definition) is 1. The van der Waals surface area contributed by atoms with Gasteiger partial charge >= 0.3 is 12.1 Å². The van der Waals surface area contributed by atoms with Gasteiger partial charge in [0.15, 0.2) is 23.3 Å². The lowest BCUT2D eigenvalue weighted by Crippen LogP contribution is -2.47. The molecule has 1 aromatic carbocycles. The Morgan fingerprint density at radius 1 is 1.22 bits per heavy atom. The molecule has 0 unspecified atom stereocenters. The van der Waals surface area contributed by atoms with Crippen LogP contribution in [0.3, 0.4) is 0 Å². The normalized spacial score (nSPS) is 29.0. The minimum atomic E-state index is -4.85. The molecule has 0 saturated carbocycles. The minimum Gasteiger partial charge on any atom is -0.505 e. The van der Waals surface area contributed by atoms with Crippen LogP contribution in [0.4, 0.5) is 22.0 Å². The van der Waals surface area contributed by atoms with E-state index in [1.54, 1.807) is 0 Å². The molecule has 1 heterocycles. The molecule has 1 N–H and O–H groups in total. The Hall–Kier alpha value is -1.90. The van der Waals surface area contributed by atoms with Crippen LogP contribution >= 0.6 is 0 Å². The van der Waals surface area contributed by atoms with E-state index in [9.17, 15) is 31.9 Å². The van der Waals surface area contributed by atoms with Gasteiger partial charge in [0.25, 0.3) is 0 Å². The first-order valence-electron chi connectivity index (χ1n) is 8.24.